The lowest BCUT2D eigenvalue weighted by atomic mass is 9.99. The van der Waals surface area contributed by atoms with Crippen LogP contribution in [0.25, 0.3) is 0 Å². The molecule has 0 heterocycles. The predicted octanol–water partition coefficient (Wildman–Crippen LogP) is 6.32. The molecule has 0 fully saturated rings. The molecule has 2 amide bonds. The van der Waals surface area contributed by atoms with Crippen molar-refractivity contribution < 1.29 is 9.59 Å². The summed E-state index contributed by atoms with van der Waals surface area (Å²) in [5, 5.41) is 3.99. The zero-order valence-corrected chi connectivity index (χ0v) is 22.2. The van der Waals surface area contributed by atoms with E-state index in [2.05, 4.69) is 5.32 Å². The van der Waals surface area contributed by atoms with Crippen molar-refractivity contribution in [1.82, 2.24) is 10.2 Å². The molecule has 0 spiro atoms. The van der Waals surface area contributed by atoms with Crippen molar-refractivity contribution in [1.29, 1.82) is 0 Å². The molecule has 0 radical (unpaired) electrons. The van der Waals surface area contributed by atoms with Gasteiger partial charge in [0.05, 0.1) is 6.42 Å². The lowest BCUT2D eigenvalue weighted by Crippen LogP contribution is -2.52. The van der Waals surface area contributed by atoms with E-state index in [1.165, 1.54) is 0 Å². The van der Waals surface area contributed by atoms with Crippen LogP contribution < -0.4 is 5.32 Å². The van der Waals surface area contributed by atoms with Crippen LogP contribution in [0.3, 0.4) is 0 Å². The van der Waals surface area contributed by atoms with Crippen molar-refractivity contribution in [3.8, 4) is 0 Å². The number of rotatable bonds is 9. The molecule has 0 aliphatic carbocycles. The number of hydrogen-bond acceptors (Lipinski definition) is 2. The van der Waals surface area contributed by atoms with Gasteiger partial charge < -0.3 is 10.2 Å². The van der Waals surface area contributed by atoms with Gasteiger partial charge in [0.25, 0.3) is 0 Å². The van der Waals surface area contributed by atoms with Crippen LogP contribution in [0.5, 0.6) is 0 Å². The standard InChI is InChI=1S/C29H32Cl2N2O2/c1-19(2)32-29(35)27(15-22-8-6-5-7-9-22)33(18-23-12-13-25(30)17-26(23)31)28(34)16-24-14-20(3)10-11-21(24)4/h5-14,17,19,27H,15-16,18H2,1-4H3,(H,32,35). The number of carbonyl (C=O) groups excluding carboxylic acids is 2. The molecule has 3 rings (SSSR count). The Hall–Kier alpha value is -2.82. The summed E-state index contributed by atoms with van der Waals surface area (Å²) >= 11 is 12.6. The summed E-state index contributed by atoms with van der Waals surface area (Å²) in [6.07, 6.45) is 0.585. The summed E-state index contributed by atoms with van der Waals surface area (Å²) in [6, 6.07) is 20.3. The fraction of sp³-hybridized carbons (Fsp3) is 0.310. The largest absolute Gasteiger partial charge is 0.352 e. The Morgan fingerprint density at radius 2 is 1.63 bits per heavy atom. The van der Waals surface area contributed by atoms with Gasteiger partial charge in [0, 0.05) is 29.1 Å². The highest BCUT2D eigenvalue weighted by atomic mass is 35.5. The smallest absolute Gasteiger partial charge is 0.243 e. The van der Waals surface area contributed by atoms with Crippen molar-refractivity contribution in [2.45, 2.75) is 59.2 Å². The highest BCUT2D eigenvalue weighted by Crippen LogP contribution is 2.25. The molecule has 3 aromatic carbocycles. The minimum atomic E-state index is -0.704. The molecule has 1 N–H and O–H groups in total. The molecule has 1 unspecified atom stereocenters. The maximum absolute atomic E-state index is 13.9. The van der Waals surface area contributed by atoms with E-state index in [0.717, 1.165) is 27.8 Å². The van der Waals surface area contributed by atoms with Crippen molar-refractivity contribution >= 4 is 35.0 Å². The molecule has 0 aliphatic heterocycles. The van der Waals surface area contributed by atoms with Gasteiger partial charge in [-0.1, -0.05) is 83.4 Å². The Bertz CT molecular complexity index is 1180. The summed E-state index contributed by atoms with van der Waals surface area (Å²) in [4.78, 5) is 29.0. The Balaban J connectivity index is 2.03. The van der Waals surface area contributed by atoms with E-state index in [9.17, 15) is 9.59 Å². The average molecular weight is 511 g/mol. The summed E-state index contributed by atoms with van der Waals surface area (Å²) in [6.45, 7) is 8.02. The highest BCUT2D eigenvalue weighted by Gasteiger charge is 2.31. The Morgan fingerprint density at radius 1 is 0.914 bits per heavy atom. The van der Waals surface area contributed by atoms with Crippen molar-refractivity contribution in [3.63, 3.8) is 0 Å². The van der Waals surface area contributed by atoms with Gasteiger partial charge in [0.1, 0.15) is 6.04 Å². The van der Waals surface area contributed by atoms with Gasteiger partial charge in [-0.25, -0.2) is 0 Å². The highest BCUT2D eigenvalue weighted by molar-refractivity contribution is 6.35. The molecule has 0 saturated carbocycles. The second-order valence-corrected chi connectivity index (χ2v) is 10.1. The molecule has 0 aromatic heterocycles. The molecular formula is C29H32Cl2N2O2. The van der Waals surface area contributed by atoms with Crippen LogP contribution in [0.2, 0.25) is 10.0 Å². The van der Waals surface area contributed by atoms with Crippen LogP contribution in [0, 0.1) is 13.8 Å². The average Bonchev–Trinajstić information content (AvgIpc) is 2.80. The quantitative estimate of drug-likeness (QED) is 0.366. The maximum atomic E-state index is 13.9. The van der Waals surface area contributed by atoms with E-state index in [-0.39, 0.29) is 30.8 Å². The van der Waals surface area contributed by atoms with Crippen molar-refractivity contribution in [2.24, 2.45) is 0 Å². The summed E-state index contributed by atoms with van der Waals surface area (Å²) in [5.41, 5.74) is 4.79. The molecule has 3 aromatic rings. The van der Waals surface area contributed by atoms with E-state index >= 15 is 0 Å². The van der Waals surface area contributed by atoms with E-state index in [0.29, 0.717) is 16.5 Å². The number of aryl methyl sites for hydroxylation is 2. The van der Waals surface area contributed by atoms with E-state index in [1.807, 2.05) is 82.3 Å². The van der Waals surface area contributed by atoms with Gasteiger partial charge in [-0.15, -0.1) is 0 Å². The molecule has 0 aliphatic rings. The number of hydrogen-bond donors (Lipinski definition) is 1. The zero-order valence-electron chi connectivity index (χ0n) is 20.6. The van der Waals surface area contributed by atoms with Gasteiger partial charge in [0.15, 0.2) is 0 Å². The van der Waals surface area contributed by atoms with Gasteiger partial charge in [-0.05, 0) is 62.1 Å². The summed E-state index contributed by atoms with van der Waals surface area (Å²) in [7, 11) is 0. The minimum Gasteiger partial charge on any atom is -0.352 e. The zero-order chi connectivity index (χ0) is 25.5. The number of nitrogens with one attached hydrogen (secondary N) is 1. The Labute approximate surface area is 218 Å². The van der Waals surface area contributed by atoms with Crippen LogP contribution in [-0.2, 0) is 29.0 Å². The Kier molecular flexibility index (Phi) is 9.36. The molecule has 6 heteroatoms. The van der Waals surface area contributed by atoms with Crippen LogP contribution in [0.4, 0.5) is 0 Å². The first-order valence-corrected chi connectivity index (χ1v) is 12.5. The van der Waals surface area contributed by atoms with Crippen LogP contribution in [0.1, 0.15) is 41.7 Å². The van der Waals surface area contributed by atoms with Crippen LogP contribution >= 0.6 is 23.2 Å². The first-order valence-electron chi connectivity index (χ1n) is 11.8. The molecule has 0 saturated heterocycles. The second kappa shape index (κ2) is 12.2. The fourth-order valence-corrected chi connectivity index (χ4v) is 4.49. The number of benzene rings is 3. The second-order valence-electron chi connectivity index (χ2n) is 9.23. The van der Waals surface area contributed by atoms with Gasteiger partial charge in [-0.3, -0.25) is 9.59 Å². The number of halogens is 2. The molecule has 184 valence electrons. The lowest BCUT2D eigenvalue weighted by molar-refractivity contribution is -0.141. The van der Waals surface area contributed by atoms with Gasteiger partial charge in [-0.2, -0.15) is 0 Å². The molecule has 35 heavy (non-hydrogen) atoms. The predicted molar refractivity (Wildman–Crippen MR) is 144 cm³/mol. The molecule has 1 atom stereocenters. The molecule has 0 bridgehead atoms. The van der Waals surface area contributed by atoms with Gasteiger partial charge >= 0.3 is 0 Å². The number of carbonyl (C=O) groups is 2. The monoisotopic (exact) mass is 510 g/mol. The Morgan fingerprint density at radius 3 is 2.29 bits per heavy atom. The summed E-state index contributed by atoms with van der Waals surface area (Å²) in [5.74, 6) is -0.326. The fourth-order valence-electron chi connectivity index (χ4n) is 4.02. The third-order valence-electron chi connectivity index (χ3n) is 5.90. The first kappa shape index (κ1) is 26.8. The number of amides is 2. The minimum absolute atomic E-state index is 0.0594. The maximum Gasteiger partial charge on any atom is 0.243 e. The normalized spacial score (nSPS) is 11.9. The SMILES string of the molecule is Cc1ccc(C)c(CC(=O)N(Cc2ccc(Cl)cc2Cl)C(Cc2ccccc2)C(=O)NC(C)C)c1. The summed E-state index contributed by atoms with van der Waals surface area (Å²) < 4.78 is 0. The van der Waals surface area contributed by atoms with Gasteiger partial charge in [0.2, 0.25) is 11.8 Å². The topological polar surface area (TPSA) is 49.4 Å². The number of nitrogens with zero attached hydrogens (tertiary/aromatic N) is 1. The van der Waals surface area contributed by atoms with Crippen LogP contribution in [0.15, 0.2) is 66.7 Å². The van der Waals surface area contributed by atoms with E-state index < -0.39 is 6.04 Å². The molecule has 4 nitrogen and oxygen atoms in total. The van der Waals surface area contributed by atoms with Crippen LogP contribution in [-0.4, -0.2) is 28.8 Å². The van der Waals surface area contributed by atoms with E-state index in [1.54, 1.807) is 17.0 Å². The first-order chi connectivity index (χ1) is 16.6. The molecular weight excluding hydrogens is 479 g/mol. The van der Waals surface area contributed by atoms with Crippen molar-refractivity contribution in [3.05, 3.63) is 105 Å². The third-order valence-corrected chi connectivity index (χ3v) is 6.49. The third kappa shape index (κ3) is 7.58. The van der Waals surface area contributed by atoms with Crippen molar-refractivity contribution in [2.75, 3.05) is 0 Å². The lowest BCUT2D eigenvalue weighted by Gasteiger charge is -2.32. The van der Waals surface area contributed by atoms with E-state index in [4.69, 9.17) is 23.2 Å².